The predicted octanol–water partition coefficient (Wildman–Crippen LogP) is 1.02. The quantitative estimate of drug-likeness (QED) is 0.389. The Bertz CT molecular complexity index is 1380. The number of nitrogens with two attached hydrogens (primary N) is 1. The first-order chi connectivity index (χ1) is 18.2. The van der Waals surface area contributed by atoms with E-state index in [4.69, 9.17) is 5.73 Å². The van der Waals surface area contributed by atoms with Crippen LogP contribution in [0.2, 0.25) is 0 Å². The molecule has 3 aliphatic rings. The number of hydrogen-bond acceptors (Lipinski definition) is 9. The average Bonchev–Trinajstić information content (AvgIpc) is 2.78. The van der Waals surface area contributed by atoms with Crippen LogP contribution in [0.1, 0.15) is 63.0 Å². The first-order valence-electron chi connectivity index (χ1n) is 13.3. The molecule has 10 nitrogen and oxygen atoms in total. The van der Waals surface area contributed by atoms with Crippen molar-refractivity contribution in [3.8, 4) is 5.75 Å². The van der Waals surface area contributed by atoms with Crippen molar-refractivity contribution < 1.29 is 39.3 Å². The third-order valence-electron chi connectivity index (χ3n) is 8.40. The number of fused-ring (bicyclic) bond motifs is 3. The summed E-state index contributed by atoms with van der Waals surface area (Å²) in [5, 5.41) is 35.1. The zero-order valence-electron chi connectivity index (χ0n) is 24.1. The van der Waals surface area contributed by atoms with Crippen molar-refractivity contribution in [2.24, 2.45) is 34.8 Å². The van der Waals surface area contributed by atoms with Crippen LogP contribution in [0.5, 0.6) is 5.75 Å². The Balaban J connectivity index is 2.07. The summed E-state index contributed by atoms with van der Waals surface area (Å²) >= 11 is 0. The van der Waals surface area contributed by atoms with E-state index in [0.29, 0.717) is 16.7 Å². The molecule has 5 N–H and O–H groups in total. The number of carbonyl (C=O) groups excluding carboxylic acids is 5. The lowest BCUT2D eigenvalue weighted by atomic mass is 9.50. The van der Waals surface area contributed by atoms with E-state index in [1.165, 1.54) is 19.0 Å². The molecule has 0 bridgehead atoms. The minimum Gasteiger partial charge on any atom is -0.507 e. The van der Waals surface area contributed by atoms with Gasteiger partial charge in [-0.25, -0.2) is 0 Å². The summed E-state index contributed by atoms with van der Waals surface area (Å²) in [4.78, 5) is 68.8. The molecule has 0 saturated heterocycles. The topological polar surface area (TPSA) is 175 Å². The second kappa shape index (κ2) is 9.15. The largest absolute Gasteiger partial charge is 0.507 e. The fourth-order valence-electron chi connectivity index (χ4n) is 6.78. The van der Waals surface area contributed by atoms with Crippen molar-refractivity contribution in [2.75, 3.05) is 14.1 Å². The van der Waals surface area contributed by atoms with Crippen molar-refractivity contribution in [2.45, 2.75) is 64.7 Å². The molecule has 1 aromatic rings. The summed E-state index contributed by atoms with van der Waals surface area (Å²) < 4.78 is 0. The molecule has 4 rings (SSSR count). The minimum atomic E-state index is -3.04. The highest BCUT2D eigenvalue weighted by Gasteiger charge is 2.72. The SMILES string of the molecule is CN(C)C1C(=O)C(C(N)=O)C(=O)C2(O)C(=O)C3C(=O)c4c(ccc(C(C)(C)C)c4O)C(=CC(C)(C)C)C3C(O)C12. The number of phenolic OH excluding ortho intramolecular Hbond substituents is 1. The van der Waals surface area contributed by atoms with E-state index < -0.39 is 81.3 Å². The molecule has 10 heteroatoms. The van der Waals surface area contributed by atoms with E-state index in [0.717, 1.165) is 0 Å². The number of hydrogen-bond donors (Lipinski definition) is 4. The number of likely N-dealkylation sites (N-methyl/N-ethyl adjacent to an activating group) is 1. The molecule has 1 amide bonds. The van der Waals surface area contributed by atoms with E-state index in [2.05, 4.69) is 0 Å². The Kier molecular flexibility index (Phi) is 6.81. The average molecular weight is 555 g/mol. The lowest BCUT2D eigenvalue weighted by Gasteiger charge is -2.55. The molecule has 40 heavy (non-hydrogen) atoms. The number of ketones is 4. The lowest BCUT2D eigenvalue weighted by molar-refractivity contribution is -0.192. The highest BCUT2D eigenvalue weighted by Crippen LogP contribution is 2.55. The number of primary amides is 1. The summed E-state index contributed by atoms with van der Waals surface area (Å²) in [5.41, 5.74) is 2.26. The monoisotopic (exact) mass is 554 g/mol. The van der Waals surface area contributed by atoms with Gasteiger partial charge in [0.15, 0.2) is 34.7 Å². The van der Waals surface area contributed by atoms with E-state index >= 15 is 0 Å². The van der Waals surface area contributed by atoms with Crippen LogP contribution in [0.15, 0.2) is 18.2 Å². The maximum Gasteiger partial charge on any atom is 0.235 e. The third-order valence-corrected chi connectivity index (χ3v) is 8.40. The Morgan fingerprint density at radius 3 is 2.08 bits per heavy atom. The normalized spacial score (nSPS) is 33.6. The number of nitrogens with zero attached hydrogens (tertiary/aromatic N) is 1. The highest BCUT2D eigenvalue weighted by atomic mass is 16.3. The summed E-state index contributed by atoms with van der Waals surface area (Å²) in [5.74, 6) is -12.9. The maximum atomic E-state index is 14.2. The van der Waals surface area contributed by atoms with Gasteiger partial charge in [0.1, 0.15) is 5.75 Å². The van der Waals surface area contributed by atoms with Gasteiger partial charge >= 0.3 is 0 Å². The number of allylic oxidation sites excluding steroid dienone is 1. The van der Waals surface area contributed by atoms with E-state index in [9.17, 15) is 39.3 Å². The number of carbonyl (C=O) groups is 5. The first-order valence-corrected chi connectivity index (χ1v) is 13.3. The van der Waals surface area contributed by atoms with Gasteiger partial charge in [-0.1, -0.05) is 59.8 Å². The van der Waals surface area contributed by atoms with Gasteiger partial charge in [-0.05, 0) is 36.1 Å². The zero-order chi connectivity index (χ0) is 30.4. The van der Waals surface area contributed by atoms with Gasteiger partial charge in [-0.2, -0.15) is 0 Å². The summed E-state index contributed by atoms with van der Waals surface area (Å²) in [7, 11) is 2.92. The minimum absolute atomic E-state index is 0.137. The van der Waals surface area contributed by atoms with Gasteiger partial charge in [0.25, 0.3) is 0 Å². The predicted molar refractivity (Wildman–Crippen MR) is 145 cm³/mol. The van der Waals surface area contributed by atoms with Crippen LogP contribution in [0.4, 0.5) is 0 Å². The number of Topliss-reactive ketones (excluding diaryl/α,β-unsaturated/α-hetero) is 4. The molecule has 1 aromatic carbocycles. The first kappa shape index (κ1) is 29.8. The van der Waals surface area contributed by atoms with Gasteiger partial charge < -0.3 is 21.1 Å². The molecular weight excluding hydrogens is 516 g/mol. The fourth-order valence-corrected chi connectivity index (χ4v) is 6.78. The second-order valence-electron chi connectivity index (χ2n) is 13.6. The third kappa shape index (κ3) is 4.07. The second-order valence-corrected chi connectivity index (χ2v) is 13.6. The highest BCUT2D eigenvalue weighted by molar-refractivity contribution is 6.33. The smallest absolute Gasteiger partial charge is 0.235 e. The number of aliphatic hydroxyl groups is 2. The number of phenols is 1. The molecule has 216 valence electrons. The van der Waals surface area contributed by atoms with Gasteiger partial charge in [-0.15, -0.1) is 0 Å². The molecule has 0 heterocycles. The van der Waals surface area contributed by atoms with Crippen LogP contribution < -0.4 is 5.73 Å². The Labute approximate surface area is 233 Å². The zero-order valence-corrected chi connectivity index (χ0v) is 24.1. The van der Waals surface area contributed by atoms with Gasteiger partial charge in [0, 0.05) is 11.5 Å². The van der Waals surface area contributed by atoms with Crippen LogP contribution in [0, 0.1) is 29.1 Å². The summed E-state index contributed by atoms with van der Waals surface area (Å²) in [6.45, 7) is 11.2. The maximum absolute atomic E-state index is 14.2. The molecule has 0 spiro atoms. The van der Waals surface area contributed by atoms with Gasteiger partial charge in [-0.3, -0.25) is 28.9 Å². The van der Waals surface area contributed by atoms with Crippen molar-refractivity contribution >= 4 is 34.6 Å². The van der Waals surface area contributed by atoms with Crippen molar-refractivity contribution in [1.29, 1.82) is 0 Å². The number of benzene rings is 1. The van der Waals surface area contributed by atoms with Crippen LogP contribution in [0.25, 0.3) is 5.57 Å². The van der Waals surface area contributed by atoms with Crippen molar-refractivity contribution in [3.05, 3.63) is 34.9 Å². The summed E-state index contributed by atoms with van der Waals surface area (Å²) in [6, 6.07) is 1.94. The fraction of sp³-hybridized carbons (Fsp3) is 0.567. The van der Waals surface area contributed by atoms with Crippen LogP contribution in [0.3, 0.4) is 0 Å². The molecule has 0 aliphatic heterocycles. The van der Waals surface area contributed by atoms with Crippen molar-refractivity contribution in [1.82, 2.24) is 4.90 Å². The Hall–Kier alpha value is -3.21. The van der Waals surface area contributed by atoms with E-state index in [1.54, 1.807) is 18.2 Å². The molecule has 7 unspecified atom stereocenters. The van der Waals surface area contributed by atoms with E-state index in [-0.39, 0.29) is 11.3 Å². The number of amides is 1. The molecule has 2 fully saturated rings. The van der Waals surface area contributed by atoms with Crippen LogP contribution in [-0.2, 0) is 24.6 Å². The lowest BCUT2D eigenvalue weighted by Crippen LogP contribution is -2.77. The number of aromatic hydroxyl groups is 1. The molecule has 7 atom stereocenters. The number of aliphatic hydroxyl groups excluding tert-OH is 1. The van der Waals surface area contributed by atoms with Gasteiger partial charge in [0.05, 0.1) is 29.5 Å². The molecular formula is C30H38N2O8. The Morgan fingerprint density at radius 1 is 1.02 bits per heavy atom. The molecule has 2 saturated carbocycles. The van der Waals surface area contributed by atoms with Crippen molar-refractivity contribution in [3.63, 3.8) is 0 Å². The van der Waals surface area contributed by atoms with Gasteiger partial charge in [0.2, 0.25) is 5.91 Å². The molecule has 0 radical (unpaired) electrons. The standard InChI is InChI=1S/C30H38N2O8/c1-28(2,3)11-13-12-9-10-14(29(4,5)6)21(33)16(12)22(34)17-15(13)23(35)19-20(32(7)8)24(36)18(27(31)39)26(38)30(19,40)25(17)37/h9-11,15,17-20,23,33,35,40H,1-8H3,(H2,31,39). The van der Waals surface area contributed by atoms with Crippen LogP contribution >= 0.6 is 0 Å². The summed E-state index contributed by atoms with van der Waals surface area (Å²) in [6.07, 6.45) is 0.0630. The molecule has 0 aromatic heterocycles. The Morgan fingerprint density at radius 2 is 1.60 bits per heavy atom. The van der Waals surface area contributed by atoms with Crippen LogP contribution in [-0.4, -0.2) is 81.1 Å². The molecule has 3 aliphatic carbocycles. The number of rotatable bonds is 2. The van der Waals surface area contributed by atoms with E-state index in [1.807, 2.05) is 41.5 Å².